The van der Waals surface area contributed by atoms with Gasteiger partial charge in [0.1, 0.15) is 10.2 Å². The largest absolute Gasteiger partial charge is 0.459 e. The molecule has 28 heavy (non-hydrogen) atoms. The van der Waals surface area contributed by atoms with Gasteiger partial charge in [-0.2, -0.15) is 5.10 Å². The molecule has 3 aromatic rings. The quantitative estimate of drug-likeness (QED) is 0.592. The third-order valence-electron chi connectivity index (χ3n) is 4.09. The van der Waals surface area contributed by atoms with Crippen LogP contribution in [0, 0.1) is 17.6 Å². The molecular formula is C18H16Cl2F2N4O2. The topological polar surface area (TPSA) is 86.1 Å². The van der Waals surface area contributed by atoms with Crippen LogP contribution in [0.5, 0.6) is 0 Å². The molecule has 0 saturated carbocycles. The van der Waals surface area contributed by atoms with Crippen LogP contribution >= 0.6 is 23.2 Å². The first-order valence-electron chi connectivity index (χ1n) is 8.29. The molecule has 1 aromatic carbocycles. The molecule has 3 N–H and O–H groups in total. The lowest BCUT2D eigenvalue weighted by Crippen LogP contribution is -2.23. The molecular weight excluding hydrogens is 413 g/mol. The fourth-order valence-corrected chi connectivity index (χ4v) is 3.04. The zero-order chi connectivity index (χ0) is 20.3. The first kappa shape index (κ1) is 20.3. The highest BCUT2D eigenvalue weighted by atomic mass is 35.5. The Balaban J connectivity index is 1.73. The molecule has 0 bridgehead atoms. The van der Waals surface area contributed by atoms with Crippen LogP contribution in [-0.4, -0.2) is 22.2 Å². The number of hydrogen-bond acceptors (Lipinski definition) is 4. The molecule has 0 unspecified atom stereocenters. The number of aromatic nitrogens is 2. The van der Waals surface area contributed by atoms with Crippen LogP contribution in [0.25, 0.3) is 0 Å². The molecule has 10 heteroatoms. The Morgan fingerprint density at radius 1 is 1.29 bits per heavy atom. The van der Waals surface area contributed by atoms with Crippen molar-refractivity contribution in [2.24, 2.45) is 11.7 Å². The number of nitrogens with one attached hydrogen (secondary N) is 1. The van der Waals surface area contributed by atoms with Gasteiger partial charge in [0.25, 0.3) is 5.91 Å². The molecule has 3 rings (SSSR count). The number of rotatable bonds is 7. The van der Waals surface area contributed by atoms with Crippen LogP contribution in [0.2, 0.25) is 10.2 Å². The van der Waals surface area contributed by atoms with Crippen molar-refractivity contribution in [1.82, 2.24) is 9.78 Å². The van der Waals surface area contributed by atoms with Crippen LogP contribution in [0.3, 0.4) is 0 Å². The third kappa shape index (κ3) is 4.52. The van der Waals surface area contributed by atoms with Gasteiger partial charge in [0.15, 0.2) is 23.2 Å². The molecule has 148 valence electrons. The summed E-state index contributed by atoms with van der Waals surface area (Å²) >= 11 is 12.4. The zero-order valence-electron chi connectivity index (χ0n) is 14.5. The number of carbonyl (C=O) groups excluding carboxylic acids is 1. The Kier molecular flexibility index (Phi) is 6.33. The van der Waals surface area contributed by atoms with E-state index in [1.54, 1.807) is 6.07 Å². The minimum absolute atomic E-state index is 0.0742. The smallest absolute Gasteiger partial charge is 0.292 e. The standard InChI is InChI=1S/C18H16Cl2F2N4O2/c19-15-16(20)26(25-17(15)24-18(27)14-2-1-5-28-14)9-11(8-23)6-10-3-4-12(21)13(22)7-10/h1-5,7,11H,6,8-9,23H2,(H,24,25,27)/t11-/m0/s1. The monoisotopic (exact) mass is 428 g/mol. The number of carbonyl (C=O) groups is 1. The van der Waals surface area contributed by atoms with Gasteiger partial charge in [-0.3, -0.25) is 9.48 Å². The summed E-state index contributed by atoms with van der Waals surface area (Å²) in [5.74, 6) is -2.35. The maximum atomic E-state index is 13.4. The Morgan fingerprint density at radius 3 is 2.71 bits per heavy atom. The lowest BCUT2D eigenvalue weighted by molar-refractivity contribution is 0.0996. The van der Waals surface area contributed by atoms with Crippen LogP contribution < -0.4 is 11.1 Å². The van der Waals surface area contributed by atoms with E-state index >= 15 is 0 Å². The summed E-state index contributed by atoms with van der Waals surface area (Å²) in [7, 11) is 0. The molecule has 2 aromatic heterocycles. The van der Waals surface area contributed by atoms with Crippen molar-refractivity contribution in [3.05, 3.63) is 69.7 Å². The molecule has 0 aliphatic carbocycles. The highest BCUT2D eigenvalue weighted by Crippen LogP contribution is 2.30. The SMILES string of the molecule is NC[C@H](Cc1ccc(F)c(F)c1)Cn1nc(NC(=O)c2ccco2)c(Cl)c1Cl. The molecule has 0 saturated heterocycles. The van der Waals surface area contributed by atoms with E-state index in [0.29, 0.717) is 12.0 Å². The van der Waals surface area contributed by atoms with E-state index in [0.717, 1.165) is 12.1 Å². The third-order valence-corrected chi connectivity index (χ3v) is 4.92. The number of amides is 1. The van der Waals surface area contributed by atoms with Crippen molar-refractivity contribution in [3.8, 4) is 0 Å². The van der Waals surface area contributed by atoms with E-state index < -0.39 is 17.5 Å². The average Bonchev–Trinajstić information content (AvgIpc) is 3.30. The molecule has 0 radical (unpaired) electrons. The van der Waals surface area contributed by atoms with Gasteiger partial charge in [0, 0.05) is 6.54 Å². The average molecular weight is 429 g/mol. The van der Waals surface area contributed by atoms with Crippen LogP contribution in [0.15, 0.2) is 41.0 Å². The molecule has 6 nitrogen and oxygen atoms in total. The lowest BCUT2D eigenvalue weighted by Gasteiger charge is -2.15. The highest BCUT2D eigenvalue weighted by Gasteiger charge is 2.21. The molecule has 1 atom stereocenters. The number of halogens is 4. The Hall–Kier alpha value is -2.42. The summed E-state index contributed by atoms with van der Waals surface area (Å²) in [6.07, 6.45) is 1.75. The number of furan rings is 1. The highest BCUT2D eigenvalue weighted by molar-refractivity contribution is 6.43. The van der Waals surface area contributed by atoms with Crippen molar-refractivity contribution in [3.63, 3.8) is 0 Å². The fraction of sp³-hybridized carbons (Fsp3) is 0.222. The first-order chi connectivity index (χ1) is 13.4. The predicted octanol–water partition coefficient (Wildman–Crippen LogP) is 4.13. The minimum Gasteiger partial charge on any atom is -0.459 e. The molecule has 2 heterocycles. The number of nitrogens with two attached hydrogens (primary N) is 1. The van der Waals surface area contributed by atoms with Gasteiger partial charge < -0.3 is 15.5 Å². The molecule has 0 fully saturated rings. The van der Waals surface area contributed by atoms with E-state index in [-0.39, 0.29) is 40.8 Å². The molecule has 0 spiro atoms. The van der Waals surface area contributed by atoms with Gasteiger partial charge in [0.2, 0.25) is 0 Å². The number of benzene rings is 1. The first-order valence-corrected chi connectivity index (χ1v) is 9.05. The molecule has 0 aliphatic rings. The number of hydrogen-bond donors (Lipinski definition) is 2. The summed E-state index contributed by atoms with van der Waals surface area (Å²) in [4.78, 5) is 12.1. The Bertz CT molecular complexity index is 976. The Labute approximate surface area is 169 Å². The van der Waals surface area contributed by atoms with Gasteiger partial charge in [-0.15, -0.1) is 0 Å². The van der Waals surface area contributed by atoms with E-state index in [1.165, 1.54) is 23.1 Å². The van der Waals surface area contributed by atoms with Gasteiger partial charge in [-0.05, 0) is 48.7 Å². The lowest BCUT2D eigenvalue weighted by atomic mass is 9.99. The second kappa shape index (κ2) is 8.72. The van der Waals surface area contributed by atoms with Crippen molar-refractivity contribution in [1.29, 1.82) is 0 Å². The summed E-state index contributed by atoms with van der Waals surface area (Å²) in [6.45, 7) is 0.519. The normalized spacial score (nSPS) is 12.2. The zero-order valence-corrected chi connectivity index (χ0v) is 16.0. The van der Waals surface area contributed by atoms with Crippen molar-refractivity contribution < 1.29 is 18.0 Å². The van der Waals surface area contributed by atoms with Crippen molar-refractivity contribution >= 4 is 34.9 Å². The number of anilines is 1. The Morgan fingerprint density at radius 2 is 2.07 bits per heavy atom. The van der Waals surface area contributed by atoms with Crippen LogP contribution in [-0.2, 0) is 13.0 Å². The fourth-order valence-electron chi connectivity index (χ4n) is 2.66. The predicted molar refractivity (Wildman–Crippen MR) is 102 cm³/mol. The second-order valence-corrected chi connectivity index (χ2v) is 6.86. The van der Waals surface area contributed by atoms with Gasteiger partial charge >= 0.3 is 0 Å². The van der Waals surface area contributed by atoms with Crippen LogP contribution in [0.4, 0.5) is 14.6 Å². The van der Waals surface area contributed by atoms with E-state index in [4.69, 9.17) is 33.4 Å². The van der Waals surface area contributed by atoms with Crippen molar-refractivity contribution in [2.45, 2.75) is 13.0 Å². The van der Waals surface area contributed by atoms with Gasteiger partial charge in [-0.1, -0.05) is 29.3 Å². The maximum Gasteiger partial charge on any atom is 0.292 e. The summed E-state index contributed by atoms with van der Waals surface area (Å²) in [5, 5.41) is 6.93. The molecule has 0 aliphatic heterocycles. The summed E-state index contributed by atoms with van der Waals surface area (Å²) < 4.78 is 32.9. The van der Waals surface area contributed by atoms with E-state index in [1.807, 2.05) is 0 Å². The van der Waals surface area contributed by atoms with Crippen LogP contribution in [0.1, 0.15) is 16.1 Å². The van der Waals surface area contributed by atoms with E-state index in [2.05, 4.69) is 10.4 Å². The minimum atomic E-state index is -0.920. The summed E-state index contributed by atoms with van der Waals surface area (Å²) in [5.41, 5.74) is 6.40. The van der Waals surface area contributed by atoms with Crippen molar-refractivity contribution in [2.75, 3.05) is 11.9 Å². The number of nitrogens with zero attached hydrogens (tertiary/aromatic N) is 2. The second-order valence-electron chi connectivity index (χ2n) is 6.12. The maximum absolute atomic E-state index is 13.4. The van der Waals surface area contributed by atoms with E-state index in [9.17, 15) is 13.6 Å². The van der Waals surface area contributed by atoms with Gasteiger partial charge in [-0.25, -0.2) is 8.78 Å². The summed E-state index contributed by atoms with van der Waals surface area (Å²) in [6, 6.07) is 6.76. The van der Waals surface area contributed by atoms with Gasteiger partial charge in [0.05, 0.1) is 6.26 Å². The molecule has 1 amide bonds.